The van der Waals surface area contributed by atoms with Gasteiger partial charge in [-0.15, -0.1) is 11.3 Å². The molecule has 0 unspecified atom stereocenters. The normalized spacial score (nSPS) is 12.5. The molecule has 124 valence electrons. The molecule has 1 N–H and O–H groups in total. The maximum Gasteiger partial charge on any atom is 0.282 e. The van der Waals surface area contributed by atoms with Crippen LogP contribution in [-0.2, 0) is 11.2 Å². The molecule has 3 rings (SSSR count). The molecule has 1 aliphatic heterocycles. The van der Waals surface area contributed by atoms with Gasteiger partial charge < -0.3 is 9.47 Å². The fraction of sp³-hybridized carbons (Fsp3) is 0.214. The Bertz CT molecular complexity index is 833. The number of aryl methyl sites for hydroxylation is 1. The first-order chi connectivity index (χ1) is 11.5. The summed E-state index contributed by atoms with van der Waals surface area (Å²) in [6, 6.07) is 2.71. The van der Waals surface area contributed by atoms with Gasteiger partial charge in [0.15, 0.2) is 11.5 Å². The molecule has 0 saturated carbocycles. The van der Waals surface area contributed by atoms with Crippen molar-refractivity contribution in [3.8, 4) is 11.5 Å². The molecular weight excluding hydrogens is 336 g/mol. The number of ether oxygens (including phenoxy) is 2. The van der Waals surface area contributed by atoms with Crippen LogP contribution in [-0.4, -0.2) is 28.8 Å². The van der Waals surface area contributed by atoms with E-state index in [4.69, 9.17) is 9.47 Å². The Kier molecular flexibility index (Phi) is 4.38. The number of aromatic nitrogens is 1. The van der Waals surface area contributed by atoms with Crippen molar-refractivity contribution in [1.29, 1.82) is 0 Å². The number of hydrazone groups is 1. The van der Waals surface area contributed by atoms with Gasteiger partial charge in [-0.3, -0.25) is 14.9 Å². The maximum absolute atomic E-state index is 11.8. The zero-order chi connectivity index (χ0) is 17.1. The fourth-order valence-electron chi connectivity index (χ4n) is 2.04. The van der Waals surface area contributed by atoms with E-state index >= 15 is 0 Å². The maximum atomic E-state index is 11.8. The lowest BCUT2D eigenvalue weighted by Crippen LogP contribution is -2.19. The van der Waals surface area contributed by atoms with Crippen molar-refractivity contribution in [3.63, 3.8) is 0 Å². The first-order valence-electron chi connectivity index (χ1n) is 6.84. The van der Waals surface area contributed by atoms with Gasteiger partial charge >= 0.3 is 0 Å². The van der Waals surface area contributed by atoms with Gasteiger partial charge in [0.05, 0.1) is 29.2 Å². The highest BCUT2D eigenvalue weighted by molar-refractivity contribution is 7.09. The second kappa shape index (κ2) is 6.62. The number of hydrogen-bond donors (Lipinski definition) is 1. The number of thiazole rings is 1. The second-order valence-corrected chi connectivity index (χ2v) is 5.82. The summed E-state index contributed by atoms with van der Waals surface area (Å²) in [5.41, 5.74) is 3.19. The number of carbonyl (C=O) groups excluding carboxylic acids is 1. The van der Waals surface area contributed by atoms with Gasteiger partial charge in [0.1, 0.15) is 5.01 Å². The summed E-state index contributed by atoms with van der Waals surface area (Å²) in [5, 5.41) is 17.4. The summed E-state index contributed by atoms with van der Waals surface area (Å²) in [6.07, 6.45) is 1.30. The number of nitrogens with zero attached hydrogens (tertiary/aromatic N) is 3. The van der Waals surface area contributed by atoms with Crippen molar-refractivity contribution < 1.29 is 19.2 Å². The van der Waals surface area contributed by atoms with Gasteiger partial charge in [0.25, 0.3) is 5.69 Å². The van der Waals surface area contributed by atoms with E-state index in [1.807, 2.05) is 12.3 Å². The fourth-order valence-corrected chi connectivity index (χ4v) is 2.81. The molecule has 24 heavy (non-hydrogen) atoms. The second-order valence-electron chi connectivity index (χ2n) is 4.87. The lowest BCUT2D eigenvalue weighted by Gasteiger charge is -2.01. The first-order valence-corrected chi connectivity index (χ1v) is 7.72. The van der Waals surface area contributed by atoms with Crippen molar-refractivity contribution in [2.75, 3.05) is 6.79 Å². The number of benzene rings is 1. The van der Waals surface area contributed by atoms with Crippen LogP contribution in [0, 0.1) is 17.0 Å². The monoisotopic (exact) mass is 348 g/mol. The Morgan fingerprint density at radius 2 is 2.25 bits per heavy atom. The molecule has 10 heteroatoms. The van der Waals surface area contributed by atoms with Gasteiger partial charge in [-0.25, -0.2) is 10.4 Å². The van der Waals surface area contributed by atoms with Gasteiger partial charge in [0.2, 0.25) is 12.7 Å². The van der Waals surface area contributed by atoms with Crippen molar-refractivity contribution in [3.05, 3.63) is 43.9 Å². The number of nitro benzene ring substituents is 1. The largest absolute Gasteiger partial charge is 0.454 e. The molecule has 0 atom stereocenters. The predicted octanol–water partition coefficient (Wildman–Crippen LogP) is 1.78. The number of hydrogen-bond acceptors (Lipinski definition) is 8. The molecule has 1 amide bonds. The number of nitrogens with one attached hydrogen (secondary N) is 1. The molecular formula is C14H12N4O5S. The number of fused-ring (bicyclic) bond motifs is 1. The van der Waals surface area contributed by atoms with Crippen molar-refractivity contribution in [1.82, 2.24) is 10.4 Å². The molecule has 0 bridgehead atoms. The summed E-state index contributed by atoms with van der Waals surface area (Å²) >= 11 is 1.38. The minimum absolute atomic E-state index is 0.0110. The summed E-state index contributed by atoms with van der Waals surface area (Å²) in [7, 11) is 0. The van der Waals surface area contributed by atoms with E-state index in [1.165, 1.54) is 29.7 Å². The van der Waals surface area contributed by atoms with Crippen LogP contribution in [0.5, 0.6) is 11.5 Å². The lowest BCUT2D eigenvalue weighted by molar-refractivity contribution is -0.385. The lowest BCUT2D eigenvalue weighted by atomic mass is 10.1. The summed E-state index contributed by atoms with van der Waals surface area (Å²) in [5.74, 6) is 0.345. The van der Waals surface area contributed by atoms with Crippen LogP contribution in [0.3, 0.4) is 0 Å². The SMILES string of the molecule is Cc1csc(CC(=O)N/N=C\c2cc3c(cc2[N+](=O)[O-])OCO3)n1. The molecule has 9 nitrogen and oxygen atoms in total. The standard InChI is InChI=1S/C14H12N4O5S/c1-8-6-24-14(16-8)4-13(19)17-15-5-9-2-11-12(23-7-22-11)3-10(9)18(20)21/h2-3,5-6H,4,7H2,1H3,(H,17,19)/b15-5-. The van der Waals surface area contributed by atoms with Gasteiger partial charge in [-0.05, 0) is 13.0 Å². The van der Waals surface area contributed by atoms with Crippen LogP contribution >= 0.6 is 11.3 Å². The average Bonchev–Trinajstić information content (AvgIpc) is 3.14. The number of amides is 1. The van der Waals surface area contributed by atoms with E-state index in [9.17, 15) is 14.9 Å². The Hall–Kier alpha value is -3.01. The third kappa shape index (κ3) is 3.49. The van der Waals surface area contributed by atoms with Crippen LogP contribution in [0.25, 0.3) is 0 Å². The molecule has 0 fully saturated rings. The molecule has 0 spiro atoms. The Balaban J connectivity index is 1.70. The van der Waals surface area contributed by atoms with Crippen LogP contribution < -0.4 is 14.9 Å². The van der Waals surface area contributed by atoms with E-state index in [1.54, 1.807) is 0 Å². The average molecular weight is 348 g/mol. The van der Waals surface area contributed by atoms with E-state index in [2.05, 4.69) is 15.5 Å². The van der Waals surface area contributed by atoms with Crippen LogP contribution in [0.15, 0.2) is 22.6 Å². The van der Waals surface area contributed by atoms with E-state index < -0.39 is 4.92 Å². The molecule has 1 aromatic carbocycles. The van der Waals surface area contributed by atoms with Crippen molar-refractivity contribution in [2.45, 2.75) is 13.3 Å². The van der Waals surface area contributed by atoms with Crippen molar-refractivity contribution >= 4 is 29.1 Å². The molecule has 1 aromatic heterocycles. The Labute approximate surface area is 140 Å². The topological polar surface area (TPSA) is 116 Å². The van der Waals surface area contributed by atoms with E-state index in [-0.39, 0.29) is 30.4 Å². The van der Waals surface area contributed by atoms with E-state index in [0.29, 0.717) is 16.5 Å². The van der Waals surface area contributed by atoms with Gasteiger partial charge in [-0.2, -0.15) is 5.10 Å². The zero-order valence-corrected chi connectivity index (χ0v) is 13.3. The van der Waals surface area contributed by atoms with Crippen LogP contribution in [0.2, 0.25) is 0 Å². The highest BCUT2D eigenvalue weighted by atomic mass is 32.1. The van der Waals surface area contributed by atoms with Crippen LogP contribution in [0.1, 0.15) is 16.3 Å². The van der Waals surface area contributed by atoms with E-state index in [0.717, 1.165) is 5.69 Å². The molecule has 2 heterocycles. The first kappa shape index (κ1) is 15.9. The number of rotatable bonds is 5. The third-order valence-electron chi connectivity index (χ3n) is 3.09. The molecule has 0 aliphatic carbocycles. The summed E-state index contributed by atoms with van der Waals surface area (Å²) in [6.45, 7) is 1.85. The minimum atomic E-state index is -0.552. The highest BCUT2D eigenvalue weighted by Crippen LogP contribution is 2.37. The quantitative estimate of drug-likeness (QED) is 0.500. The number of carbonyl (C=O) groups is 1. The molecule has 0 saturated heterocycles. The summed E-state index contributed by atoms with van der Waals surface area (Å²) < 4.78 is 10.3. The van der Waals surface area contributed by atoms with Gasteiger partial charge in [0, 0.05) is 11.1 Å². The minimum Gasteiger partial charge on any atom is -0.454 e. The molecule has 1 aliphatic rings. The molecule has 2 aromatic rings. The smallest absolute Gasteiger partial charge is 0.282 e. The third-order valence-corrected chi connectivity index (χ3v) is 4.06. The Morgan fingerprint density at radius 1 is 1.50 bits per heavy atom. The highest BCUT2D eigenvalue weighted by Gasteiger charge is 2.22. The zero-order valence-electron chi connectivity index (χ0n) is 12.5. The Morgan fingerprint density at radius 3 is 2.92 bits per heavy atom. The number of nitro groups is 1. The van der Waals surface area contributed by atoms with Crippen molar-refractivity contribution in [2.24, 2.45) is 5.10 Å². The van der Waals surface area contributed by atoms with Crippen LogP contribution in [0.4, 0.5) is 5.69 Å². The predicted molar refractivity (Wildman–Crippen MR) is 85.5 cm³/mol. The summed E-state index contributed by atoms with van der Waals surface area (Å²) in [4.78, 5) is 26.5. The molecule has 0 radical (unpaired) electrons. The van der Waals surface area contributed by atoms with Gasteiger partial charge in [-0.1, -0.05) is 0 Å².